The van der Waals surface area contributed by atoms with Gasteiger partial charge in [-0.05, 0) is 6.54 Å². The fourth-order valence-electron chi connectivity index (χ4n) is 0.599. The molecule has 0 saturated carbocycles. The minimum atomic E-state index is 0. The average Bonchev–Trinajstić information content (AvgIpc) is 2.38. The molecule has 1 rings (SSSR count). The minimum absolute atomic E-state index is 0. The third-order valence-electron chi connectivity index (χ3n) is 1.04. The normalized spacial score (nSPS) is 8.08. The number of aromatic nitrogens is 1. The average molecular weight is 229 g/mol. The molecule has 0 aliphatic rings. The molecule has 2 N–H and O–H groups in total. The second kappa shape index (κ2) is 7.49. The Balaban J connectivity index is 0. The molecule has 1 heterocycles. The molecular weight excluding hydrogens is 219 g/mol. The largest absolute Gasteiger partial charge is 0.330 e. The molecule has 70 valence electrons. The molecule has 0 spiro atoms. The molecule has 0 atom stereocenters. The smallest absolute Gasteiger partial charge is 0.192 e. The highest BCUT2D eigenvalue weighted by molar-refractivity contribution is 7.11. The van der Waals surface area contributed by atoms with E-state index in [2.05, 4.69) is 4.98 Å². The van der Waals surface area contributed by atoms with Gasteiger partial charge in [-0.1, -0.05) is 0 Å². The number of hydrogen-bond acceptors (Lipinski definition) is 4. The van der Waals surface area contributed by atoms with Gasteiger partial charge in [-0.25, -0.2) is 4.98 Å². The highest BCUT2D eigenvalue weighted by Gasteiger charge is 2.05. The maximum absolute atomic E-state index is 11.0. The lowest BCUT2D eigenvalue weighted by atomic mass is 10.3. The van der Waals surface area contributed by atoms with Gasteiger partial charge in [-0.3, -0.25) is 4.79 Å². The van der Waals surface area contributed by atoms with Crippen LogP contribution in [-0.2, 0) is 0 Å². The number of carbonyl (C=O) groups excluding carboxylic acids is 1. The first-order chi connectivity index (χ1) is 4.84. The maximum atomic E-state index is 11.0. The van der Waals surface area contributed by atoms with E-state index in [1.807, 2.05) is 0 Å². The maximum Gasteiger partial charge on any atom is 0.192 e. The van der Waals surface area contributed by atoms with Gasteiger partial charge in [0.25, 0.3) is 0 Å². The first-order valence-corrected chi connectivity index (χ1v) is 3.85. The first kappa shape index (κ1) is 14.4. The molecule has 0 amide bonds. The Bertz CT molecular complexity index is 215. The molecule has 0 fully saturated rings. The van der Waals surface area contributed by atoms with E-state index in [-0.39, 0.29) is 30.6 Å². The Labute approximate surface area is 87.2 Å². The number of nitrogens with two attached hydrogens (primary N) is 1. The van der Waals surface area contributed by atoms with E-state index in [0.717, 1.165) is 0 Å². The van der Waals surface area contributed by atoms with Crippen LogP contribution >= 0.6 is 36.2 Å². The second-order valence-electron chi connectivity index (χ2n) is 1.80. The van der Waals surface area contributed by atoms with E-state index in [0.29, 0.717) is 18.0 Å². The fraction of sp³-hybridized carbons (Fsp3) is 0.333. The van der Waals surface area contributed by atoms with Crippen LogP contribution in [0.4, 0.5) is 0 Å². The number of ketones is 1. The van der Waals surface area contributed by atoms with Gasteiger partial charge in [0.1, 0.15) is 0 Å². The number of Topliss-reactive ketones (excluding diaryl/α,β-unsaturated/α-hetero) is 1. The van der Waals surface area contributed by atoms with Crippen molar-refractivity contribution in [3.05, 3.63) is 16.6 Å². The van der Waals surface area contributed by atoms with Gasteiger partial charge in [0.05, 0.1) is 0 Å². The molecular formula is C6H10Cl2N2OS. The summed E-state index contributed by atoms with van der Waals surface area (Å²) < 4.78 is 0. The van der Waals surface area contributed by atoms with Crippen LogP contribution in [0.1, 0.15) is 16.2 Å². The number of carbonyl (C=O) groups is 1. The third kappa shape index (κ3) is 4.01. The Morgan fingerprint density at radius 1 is 1.58 bits per heavy atom. The number of thiazole rings is 1. The Morgan fingerprint density at radius 2 is 2.25 bits per heavy atom. The molecule has 0 bridgehead atoms. The summed E-state index contributed by atoms with van der Waals surface area (Å²) in [5.74, 6) is 0.0394. The zero-order chi connectivity index (χ0) is 7.40. The molecule has 6 heteroatoms. The number of nitrogens with zero attached hydrogens (tertiary/aromatic N) is 1. The summed E-state index contributed by atoms with van der Waals surface area (Å²) >= 11 is 1.35. The van der Waals surface area contributed by atoms with Crippen LogP contribution in [0.5, 0.6) is 0 Å². The molecule has 0 saturated heterocycles. The summed E-state index contributed by atoms with van der Waals surface area (Å²) in [6.07, 6.45) is 2.02. The topological polar surface area (TPSA) is 56.0 Å². The Kier molecular flexibility index (Phi) is 8.97. The zero-order valence-electron chi connectivity index (χ0n) is 6.23. The molecule has 0 radical (unpaired) electrons. The van der Waals surface area contributed by atoms with Crippen molar-refractivity contribution in [2.24, 2.45) is 5.73 Å². The zero-order valence-corrected chi connectivity index (χ0v) is 8.68. The predicted octanol–water partition coefficient (Wildman–Crippen LogP) is 1.52. The van der Waals surface area contributed by atoms with Crippen LogP contribution in [-0.4, -0.2) is 17.3 Å². The Hall–Kier alpha value is -0.160. The van der Waals surface area contributed by atoms with Crippen molar-refractivity contribution >= 4 is 41.9 Å². The summed E-state index contributed by atoms with van der Waals surface area (Å²) in [6, 6.07) is 0. The van der Waals surface area contributed by atoms with Crippen molar-refractivity contribution < 1.29 is 4.79 Å². The molecule has 1 aromatic heterocycles. The summed E-state index contributed by atoms with van der Waals surface area (Å²) in [6.45, 7) is 0.401. The van der Waals surface area contributed by atoms with E-state index >= 15 is 0 Å². The summed E-state index contributed by atoms with van der Waals surface area (Å²) in [7, 11) is 0. The summed E-state index contributed by atoms with van der Waals surface area (Å²) in [5, 5.41) is 2.34. The summed E-state index contributed by atoms with van der Waals surface area (Å²) in [5.41, 5.74) is 5.19. The highest BCUT2D eigenvalue weighted by atomic mass is 35.5. The summed E-state index contributed by atoms with van der Waals surface area (Å²) in [4.78, 5) is 14.8. The van der Waals surface area contributed by atoms with Crippen molar-refractivity contribution in [2.75, 3.05) is 6.54 Å². The number of halogens is 2. The number of hydrogen-bond donors (Lipinski definition) is 1. The van der Waals surface area contributed by atoms with Crippen LogP contribution in [0.3, 0.4) is 0 Å². The predicted molar refractivity (Wildman–Crippen MR) is 54.6 cm³/mol. The monoisotopic (exact) mass is 228 g/mol. The van der Waals surface area contributed by atoms with Crippen LogP contribution in [0.15, 0.2) is 11.6 Å². The molecule has 0 unspecified atom stereocenters. The van der Waals surface area contributed by atoms with E-state index in [1.54, 1.807) is 11.6 Å². The molecule has 3 nitrogen and oxygen atoms in total. The second-order valence-corrected chi connectivity index (χ2v) is 2.69. The van der Waals surface area contributed by atoms with Crippen LogP contribution < -0.4 is 5.73 Å². The standard InChI is InChI=1S/C6H8N2OS.2ClH/c7-2-1-5(9)6-8-3-4-10-6;;/h3-4H,1-2,7H2;2*1H. The lowest BCUT2D eigenvalue weighted by molar-refractivity contribution is 0.0985. The van der Waals surface area contributed by atoms with Crippen molar-refractivity contribution in [3.8, 4) is 0 Å². The van der Waals surface area contributed by atoms with Gasteiger partial charge in [0.15, 0.2) is 10.8 Å². The molecule has 0 aliphatic carbocycles. The quantitative estimate of drug-likeness (QED) is 0.799. The number of rotatable bonds is 3. The van der Waals surface area contributed by atoms with E-state index < -0.39 is 0 Å². The third-order valence-corrected chi connectivity index (χ3v) is 1.86. The lowest BCUT2D eigenvalue weighted by Crippen LogP contribution is -2.07. The lowest BCUT2D eigenvalue weighted by Gasteiger charge is -1.89. The van der Waals surface area contributed by atoms with E-state index in [1.165, 1.54) is 11.3 Å². The molecule has 1 aromatic rings. The Morgan fingerprint density at radius 3 is 2.67 bits per heavy atom. The van der Waals surface area contributed by atoms with Crippen molar-refractivity contribution in [1.29, 1.82) is 0 Å². The fourth-order valence-corrected chi connectivity index (χ4v) is 1.21. The van der Waals surface area contributed by atoms with Crippen molar-refractivity contribution in [2.45, 2.75) is 6.42 Å². The van der Waals surface area contributed by atoms with Crippen LogP contribution in [0.2, 0.25) is 0 Å². The van der Waals surface area contributed by atoms with Gasteiger partial charge < -0.3 is 5.73 Å². The first-order valence-electron chi connectivity index (χ1n) is 2.97. The minimum Gasteiger partial charge on any atom is -0.330 e. The van der Waals surface area contributed by atoms with Gasteiger partial charge in [-0.2, -0.15) is 0 Å². The van der Waals surface area contributed by atoms with Gasteiger partial charge >= 0.3 is 0 Å². The van der Waals surface area contributed by atoms with E-state index in [9.17, 15) is 4.79 Å². The molecule has 0 aromatic carbocycles. The van der Waals surface area contributed by atoms with Gasteiger partial charge in [0.2, 0.25) is 0 Å². The van der Waals surface area contributed by atoms with Crippen molar-refractivity contribution in [1.82, 2.24) is 4.98 Å². The van der Waals surface area contributed by atoms with Crippen molar-refractivity contribution in [3.63, 3.8) is 0 Å². The van der Waals surface area contributed by atoms with E-state index in [4.69, 9.17) is 5.73 Å². The van der Waals surface area contributed by atoms with Crippen LogP contribution in [0.25, 0.3) is 0 Å². The molecule has 0 aliphatic heterocycles. The molecule has 12 heavy (non-hydrogen) atoms. The van der Waals surface area contributed by atoms with Crippen LogP contribution in [0, 0.1) is 0 Å². The highest BCUT2D eigenvalue weighted by Crippen LogP contribution is 2.05. The SMILES string of the molecule is Cl.Cl.NCCC(=O)c1nccs1. The van der Waals surface area contributed by atoms with Gasteiger partial charge in [-0.15, -0.1) is 36.2 Å². The van der Waals surface area contributed by atoms with Gasteiger partial charge in [0, 0.05) is 18.0 Å².